The van der Waals surface area contributed by atoms with Crippen LogP contribution in [-0.2, 0) is 15.3 Å². The minimum Gasteiger partial charge on any atom is -0.493 e. The van der Waals surface area contributed by atoms with Gasteiger partial charge in [-0.3, -0.25) is 0 Å². The highest BCUT2D eigenvalue weighted by Gasteiger charge is 2.40. The Balaban J connectivity index is 2.80. The van der Waals surface area contributed by atoms with Gasteiger partial charge in [0.1, 0.15) is 10.7 Å². The van der Waals surface area contributed by atoms with Crippen LogP contribution in [0.3, 0.4) is 0 Å². The third-order valence-corrected chi connectivity index (χ3v) is 5.57. The van der Waals surface area contributed by atoms with Gasteiger partial charge in [-0.15, -0.1) is 0 Å². The summed E-state index contributed by atoms with van der Waals surface area (Å²) in [6, 6.07) is 1.25. The Labute approximate surface area is 130 Å². The SMILES string of the molecule is COc1c(C2(CN)CCCC2)cc(F)c(S(C)(=O)=O)c1OC. The fourth-order valence-electron chi connectivity index (χ4n) is 3.35. The van der Waals surface area contributed by atoms with E-state index >= 15 is 0 Å². The molecule has 0 heterocycles. The molecule has 0 aromatic heterocycles. The van der Waals surface area contributed by atoms with Crippen molar-refractivity contribution in [1.82, 2.24) is 0 Å². The number of rotatable bonds is 5. The molecule has 2 rings (SSSR count). The van der Waals surface area contributed by atoms with Crippen molar-refractivity contribution in [2.24, 2.45) is 5.73 Å². The molecule has 1 aliphatic rings. The standard InChI is InChI=1S/C15H22FNO4S/c1-20-12-10(15(9-17)6-4-5-7-15)8-11(16)14(13(12)21-2)22(3,18)19/h8H,4-7,9,17H2,1-3H3. The van der Waals surface area contributed by atoms with Gasteiger partial charge in [-0.25, -0.2) is 12.8 Å². The summed E-state index contributed by atoms with van der Waals surface area (Å²) in [6.45, 7) is 0.351. The molecule has 0 amide bonds. The Kier molecular flexibility index (Phi) is 4.67. The molecule has 1 saturated carbocycles. The number of nitrogens with two attached hydrogens (primary N) is 1. The largest absolute Gasteiger partial charge is 0.493 e. The van der Waals surface area contributed by atoms with Gasteiger partial charge in [0.15, 0.2) is 21.3 Å². The molecule has 1 aromatic carbocycles. The summed E-state index contributed by atoms with van der Waals surface area (Å²) in [6.07, 6.45) is 4.58. The van der Waals surface area contributed by atoms with E-state index in [2.05, 4.69) is 0 Å². The molecule has 0 spiro atoms. The number of ether oxygens (including phenoxy) is 2. The Hall–Kier alpha value is -1.34. The quantitative estimate of drug-likeness (QED) is 0.893. The summed E-state index contributed by atoms with van der Waals surface area (Å²) in [7, 11) is -1.06. The maximum Gasteiger partial charge on any atom is 0.182 e. The first kappa shape index (κ1) is 17.0. The van der Waals surface area contributed by atoms with Crippen LogP contribution in [-0.4, -0.2) is 35.4 Å². The van der Waals surface area contributed by atoms with Gasteiger partial charge < -0.3 is 15.2 Å². The van der Waals surface area contributed by atoms with Gasteiger partial charge in [0.25, 0.3) is 0 Å². The fraction of sp³-hybridized carbons (Fsp3) is 0.600. The van der Waals surface area contributed by atoms with Gasteiger partial charge in [-0.1, -0.05) is 12.8 Å². The molecule has 0 radical (unpaired) electrons. The van der Waals surface area contributed by atoms with E-state index in [0.29, 0.717) is 12.1 Å². The molecule has 124 valence electrons. The Morgan fingerprint density at radius 3 is 2.18 bits per heavy atom. The van der Waals surface area contributed by atoms with Crippen LogP contribution in [0.4, 0.5) is 4.39 Å². The van der Waals surface area contributed by atoms with Crippen molar-refractivity contribution in [3.63, 3.8) is 0 Å². The summed E-state index contributed by atoms with van der Waals surface area (Å²) >= 11 is 0. The third kappa shape index (κ3) is 2.67. The molecule has 1 fully saturated rings. The smallest absolute Gasteiger partial charge is 0.182 e. The van der Waals surface area contributed by atoms with Crippen LogP contribution in [0.15, 0.2) is 11.0 Å². The van der Waals surface area contributed by atoms with Crippen molar-refractivity contribution in [2.75, 3.05) is 27.0 Å². The van der Waals surface area contributed by atoms with Gasteiger partial charge in [0.05, 0.1) is 14.2 Å². The lowest BCUT2D eigenvalue weighted by Gasteiger charge is -2.30. The molecule has 5 nitrogen and oxygen atoms in total. The fourth-order valence-corrected chi connectivity index (χ4v) is 4.28. The normalized spacial score (nSPS) is 17.5. The van der Waals surface area contributed by atoms with E-state index in [1.807, 2.05) is 0 Å². The Bertz CT molecular complexity index is 667. The van der Waals surface area contributed by atoms with Crippen LogP contribution in [0.25, 0.3) is 0 Å². The highest BCUT2D eigenvalue weighted by atomic mass is 32.2. The molecule has 0 aliphatic heterocycles. The number of halogens is 1. The van der Waals surface area contributed by atoms with Gasteiger partial charge in [0, 0.05) is 23.8 Å². The lowest BCUT2D eigenvalue weighted by molar-refractivity contribution is 0.324. The average Bonchev–Trinajstić information content (AvgIpc) is 2.94. The van der Waals surface area contributed by atoms with Crippen molar-refractivity contribution in [1.29, 1.82) is 0 Å². The second-order valence-corrected chi connectivity index (χ2v) is 7.72. The molecule has 7 heteroatoms. The first-order valence-corrected chi connectivity index (χ1v) is 9.05. The monoisotopic (exact) mass is 331 g/mol. The second kappa shape index (κ2) is 6.04. The van der Waals surface area contributed by atoms with Crippen molar-refractivity contribution in [2.45, 2.75) is 36.0 Å². The topological polar surface area (TPSA) is 78.6 Å². The number of sulfone groups is 1. The molecule has 1 aromatic rings. The molecule has 0 saturated heterocycles. The molecule has 0 bridgehead atoms. The molecule has 0 unspecified atom stereocenters. The first-order valence-electron chi connectivity index (χ1n) is 7.16. The molecule has 2 N–H and O–H groups in total. The molecule has 1 aliphatic carbocycles. The van der Waals surface area contributed by atoms with E-state index in [1.54, 1.807) is 0 Å². The van der Waals surface area contributed by atoms with Crippen LogP contribution >= 0.6 is 0 Å². The zero-order chi connectivity index (χ0) is 16.5. The highest BCUT2D eigenvalue weighted by Crippen LogP contribution is 2.49. The molecular weight excluding hydrogens is 309 g/mol. The number of benzene rings is 1. The minimum absolute atomic E-state index is 0.0836. The van der Waals surface area contributed by atoms with Crippen LogP contribution in [0.1, 0.15) is 31.2 Å². The summed E-state index contributed by atoms with van der Waals surface area (Å²) in [5.41, 5.74) is 6.15. The summed E-state index contributed by atoms with van der Waals surface area (Å²) in [4.78, 5) is -0.472. The van der Waals surface area contributed by atoms with Gasteiger partial charge in [-0.2, -0.15) is 0 Å². The van der Waals surface area contributed by atoms with E-state index in [0.717, 1.165) is 31.9 Å². The van der Waals surface area contributed by atoms with Crippen LogP contribution < -0.4 is 15.2 Å². The zero-order valence-corrected chi connectivity index (χ0v) is 13.9. The van der Waals surface area contributed by atoms with Crippen molar-refractivity contribution in [3.8, 4) is 11.5 Å². The summed E-state index contributed by atoms with van der Waals surface area (Å²) in [5.74, 6) is -0.647. The molecule has 22 heavy (non-hydrogen) atoms. The maximum absolute atomic E-state index is 14.5. The van der Waals surface area contributed by atoms with Crippen LogP contribution in [0.2, 0.25) is 0 Å². The first-order chi connectivity index (χ1) is 10.3. The Morgan fingerprint density at radius 1 is 1.23 bits per heavy atom. The molecule has 0 atom stereocenters. The van der Waals surface area contributed by atoms with Crippen molar-refractivity contribution < 1.29 is 22.3 Å². The molecular formula is C15H22FNO4S. The number of methoxy groups -OCH3 is 2. The predicted molar refractivity (Wildman–Crippen MR) is 81.8 cm³/mol. The van der Waals surface area contributed by atoms with E-state index in [9.17, 15) is 12.8 Å². The van der Waals surface area contributed by atoms with Gasteiger partial charge in [-0.05, 0) is 18.9 Å². The zero-order valence-electron chi connectivity index (χ0n) is 13.1. The average molecular weight is 331 g/mol. The second-order valence-electron chi connectivity index (χ2n) is 5.77. The van der Waals surface area contributed by atoms with E-state index in [-0.39, 0.29) is 11.5 Å². The van der Waals surface area contributed by atoms with Crippen molar-refractivity contribution in [3.05, 3.63) is 17.4 Å². The number of hydrogen-bond acceptors (Lipinski definition) is 5. The lowest BCUT2D eigenvalue weighted by Crippen LogP contribution is -2.33. The summed E-state index contributed by atoms with van der Waals surface area (Å²) in [5, 5.41) is 0. The van der Waals surface area contributed by atoms with Crippen LogP contribution in [0, 0.1) is 5.82 Å². The van der Waals surface area contributed by atoms with Crippen LogP contribution in [0.5, 0.6) is 11.5 Å². The van der Waals surface area contributed by atoms with E-state index in [4.69, 9.17) is 15.2 Å². The van der Waals surface area contributed by atoms with Crippen molar-refractivity contribution >= 4 is 9.84 Å². The van der Waals surface area contributed by atoms with Gasteiger partial charge >= 0.3 is 0 Å². The van der Waals surface area contributed by atoms with Gasteiger partial charge in [0.2, 0.25) is 0 Å². The number of hydrogen-bond donors (Lipinski definition) is 1. The minimum atomic E-state index is -3.79. The Morgan fingerprint density at radius 2 is 1.77 bits per heavy atom. The lowest BCUT2D eigenvalue weighted by atomic mass is 9.78. The highest BCUT2D eigenvalue weighted by molar-refractivity contribution is 7.90. The maximum atomic E-state index is 14.5. The van der Waals surface area contributed by atoms with E-state index < -0.39 is 26.0 Å². The summed E-state index contributed by atoms with van der Waals surface area (Å²) < 4.78 is 48.8. The predicted octanol–water partition coefficient (Wildman–Crippen LogP) is 2.02. The van der Waals surface area contributed by atoms with E-state index in [1.165, 1.54) is 20.3 Å². The third-order valence-electron chi connectivity index (χ3n) is 4.45.